The third-order valence-corrected chi connectivity index (χ3v) is 4.39. The lowest BCUT2D eigenvalue weighted by Crippen LogP contribution is -2.45. The Bertz CT molecular complexity index is 274. The normalized spacial score (nSPS) is 30.1. The number of carbonyl (C=O) groups excluding carboxylic acids is 1. The van der Waals surface area contributed by atoms with Gasteiger partial charge in [-0.2, -0.15) is 0 Å². The summed E-state index contributed by atoms with van der Waals surface area (Å²) in [4.78, 5) is 14.8. The smallest absolute Gasteiger partial charge is 0.241 e. The van der Waals surface area contributed by atoms with Crippen molar-refractivity contribution in [3.8, 4) is 0 Å². The van der Waals surface area contributed by atoms with Crippen LogP contribution >= 0.6 is 0 Å². The molecule has 2 atom stereocenters. The van der Waals surface area contributed by atoms with Crippen LogP contribution in [0.2, 0.25) is 0 Å². The van der Waals surface area contributed by atoms with Crippen LogP contribution in [0.3, 0.4) is 0 Å². The number of carbonyl (C=O) groups is 1. The lowest BCUT2D eigenvalue weighted by Gasteiger charge is -2.35. The maximum absolute atomic E-state index is 12.5. The molecule has 0 spiro atoms. The Kier molecular flexibility index (Phi) is 5.04. The molecular weight excluding hydrogens is 224 g/mol. The third kappa shape index (κ3) is 2.87. The highest BCUT2D eigenvalue weighted by atomic mass is 16.2. The molecule has 0 aromatic heterocycles. The SMILES string of the molecule is CCCC1NC(CCC)N(C2CCCCC2)C1=O. The summed E-state index contributed by atoms with van der Waals surface area (Å²) in [5, 5.41) is 3.57. The van der Waals surface area contributed by atoms with Crippen molar-refractivity contribution in [3.05, 3.63) is 0 Å². The summed E-state index contributed by atoms with van der Waals surface area (Å²) in [5.41, 5.74) is 0. The zero-order valence-electron chi connectivity index (χ0n) is 12.0. The van der Waals surface area contributed by atoms with Crippen molar-refractivity contribution < 1.29 is 4.79 Å². The molecule has 3 heteroatoms. The Morgan fingerprint density at radius 1 is 1.11 bits per heavy atom. The van der Waals surface area contributed by atoms with Gasteiger partial charge in [-0.1, -0.05) is 46.0 Å². The van der Waals surface area contributed by atoms with E-state index in [0.717, 1.165) is 25.7 Å². The molecule has 2 fully saturated rings. The van der Waals surface area contributed by atoms with E-state index in [0.29, 0.717) is 18.1 Å². The largest absolute Gasteiger partial charge is 0.323 e. The second kappa shape index (κ2) is 6.55. The van der Waals surface area contributed by atoms with Gasteiger partial charge >= 0.3 is 0 Å². The Morgan fingerprint density at radius 2 is 1.78 bits per heavy atom. The maximum atomic E-state index is 12.5. The topological polar surface area (TPSA) is 32.3 Å². The van der Waals surface area contributed by atoms with Crippen molar-refractivity contribution in [1.82, 2.24) is 10.2 Å². The highest BCUT2D eigenvalue weighted by Crippen LogP contribution is 2.29. The molecule has 0 aromatic rings. The molecule has 3 nitrogen and oxygen atoms in total. The van der Waals surface area contributed by atoms with E-state index in [1.165, 1.54) is 32.1 Å². The molecule has 0 radical (unpaired) electrons. The first-order chi connectivity index (χ1) is 8.77. The second-order valence-electron chi connectivity index (χ2n) is 5.85. The van der Waals surface area contributed by atoms with E-state index in [4.69, 9.17) is 0 Å². The van der Waals surface area contributed by atoms with Gasteiger partial charge in [-0.25, -0.2) is 0 Å². The van der Waals surface area contributed by atoms with Crippen molar-refractivity contribution in [3.63, 3.8) is 0 Å². The molecule has 2 rings (SSSR count). The summed E-state index contributed by atoms with van der Waals surface area (Å²) in [6, 6.07) is 0.602. The van der Waals surface area contributed by atoms with E-state index in [9.17, 15) is 4.79 Å². The monoisotopic (exact) mass is 252 g/mol. The van der Waals surface area contributed by atoms with Crippen LogP contribution in [0.5, 0.6) is 0 Å². The maximum Gasteiger partial charge on any atom is 0.241 e. The van der Waals surface area contributed by atoms with Crippen molar-refractivity contribution in [2.24, 2.45) is 0 Å². The molecule has 2 aliphatic rings. The summed E-state index contributed by atoms with van der Waals surface area (Å²) in [6.07, 6.45) is 11.0. The quantitative estimate of drug-likeness (QED) is 0.815. The summed E-state index contributed by atoms with van der Waals surface area (Å²) >= 11 is 0. The van der Waals surface area contributed by atoms with Crippen LogP contribution in [0.25, 0.3) is 0 Å². The average molecular weight is 252 g/mol. The molecule has 2 unspecified atom stereocenters. The molecule has 104 valence electrons. The van der Waals surface area contributed by atoms with Crippen molar-refractivity contribution in [1.29, 1.82) is 0 Å². The van der Waals surface area contributed by atoms with Gasteiger partial charge in [-0.15, -0.1) is 0 Å². The standard InChI is InChI=1S/C15H28N2O/c1-3-8-13-15(18)17(14(16-13)9-4-2)12-10-6-5-7-11-12/h12-14,16H,3-11H2,1-2H3. The number of nitrogens with zero attached hydrogens (tertiary/aromatic N) is 1. The zero-order valence-corrected chi connectivity index (χ0v) is 12.0. The summed E-state index contributed by atoms with van der Waals surface area (Å²) in [6.45, 7) is 4.37. The molecule has 1 N–H and O–H groups in total. The van der Waals surface area contributed by atoms with Crippen LogP contribution in [-0.2, 0) is 4.79 Å². The van der Waals surface area contributed by atoms with Crippen LogP contribution in [0.1, 0.15) is 71.6 Å². The molecule has 18 heavy (non-hydrogen) atoms. The second-order valence-corrected chi connectivity index (χ2v) is 5.85. The Balaban J connectivity index is 2.05. The first kappa shape index (κ1) is 13.9. The van der Waals surface area contributed by atoms with Crippen LogP contribution in [0.4, 0.5) is 0 Å². The van der Waals surface area contributed by atoms with Crippen LogP contribution in [-0.4, -0.2) is 29.1 Å². The Morgan fingerprint density at radius 3 is 2.39 bits per heavy atom. The number of nitrogens with one attached hydrogen (secondary N) is 1. The van der Waals surface area contributed by atoms with Gasteiger partial charge in [-0.3, -0.25) is 10.1 Å². The first-order valence-electron chi connectivity index (χ1n) is 7.86. The molecule has 1 amide bonds. The number of rotatable bonds is 5. The molecule has 1 saturated carbocycles. The highest BCUT2D eigenvalue weighted by molar-refractivity contribution is 5.84. The zero-order chi connectivity index (χ0) is 13.0. The van der Waals surface area contributed by atoms with Gasteiger partial charge < -0.3 is 4.90 Å². The lowest BCUT2D eigenvalue weighted by molar-refractivity contribution is -0.133. The minimum Gasteiger partial charge on any atom is -0.323 e. The van der Waals surface area contributed by atoms with Gasteiger partial charge in [0, 0.05) is 6.04 Å². The van der Waals surface area contributed by atoms with Gasteiger partial charge in [0.05, 0.1) is 12.2 Å². The fourth-order valence-electron chi connectivity index (χ4n) is 3.50. The van der Waals surface area contributed by atoms with Crippen LogP contribution in [0.15, 0.2) is 0 Å². The van der Waals surface area contributed by atoms with E-state index >= 15 is 0 Å². The third-order valence-electron chi connectivity index (χ3n) is 4.39. The average Bonchev–Trinajstić information content (AvgIpc) is 2.68. The van der Waals surface area contributed by atoms with E-state index in [1.54, 1.807) is 0 Å². The number of amides is 1. The van der Waals surface area contributed by atoms with Crippen LogP contribution < -0.4 is 5.32 Å². The van der Waals surface area contributed by atoms with Gasteiger partial charge in [0.2, 0.25) is 5.91 Å². The fraction of sp³-hybridized carbons (Fsp3) is 0.933. The predicted molar refractivity (Wildman–Crippen MR) is 74.2 cm³/mol. The number of hydrogen-bond donors (Lipinski definition) is 1. The fourth-order valence-corrected chi connectivity index (χ4v) is 3.50. The molecule has 1 saturated heterocycles. The molecular formula is C15H28N2O. The van der Waals surface area contributed by atoms with Gasteiger partial charge in [0.1, 0.15) is 0 Å². The Labute approximate surface area is 111 Å². The molecule has 1 aliphatic carbocycles. The van der Waals surface area contributed by atoms with Crippen LogP contribution in [0, 0.1) is 0 Å². The minimum atomic E-state index is 0.0912. The Hall–Kier alpha value is -0.570. The van der Waals surface area contributed by atoms with Gasteiger partial charge in [0.15, 0.2) is 0 Å². The number of hydrogen-bond acceptors (Lipinski definition) is 2. The van der Waals surface area contributed by atoms with Gasteiger partial charge in [-0.05, 0) is 25.7 Å². The summed E-state index contributed by atoms with van der Waals surface area (Å²) in [7, 11) is 0. The summed E-state index contributed by atoms with van der Waals surface area (Å²) < 4.78 is 0. The van der Waals surface area contributed by atoms with Gasteiger partial charge in [0.25, 0.3) is 0 Å². The van der Waals surface area contributed by atoms with E-state index < -0.39 is 0 Å². The molecule has 0 aromatic carbocycles. The van der Waals surface area contributed by atoms with Crippen molar-refractivity contribution >= 4 is 5.91 Å². The first-order valence-corrected chi connectivity index (χ1v) is 7.86. The van der Waals surface area contributed by atoms with Crippen molar-refractivity contribution in [2.75, 3.05) is 0 Å². The molecule has 1 aliphatic heterocycles. The molecule has 0 bridgehead atoms. The lowest BCUT2D eigenvalue weighted by atomic mass is 9.93. The van der Waals surface area contributed by atoms with E-state index in [1.807, 2.05) is 0 Å². The van der Waals surface area contributed by atoms with Crippen molar-refractivity contribution in [2.45, 2.75) is 89.9 Å². The predicted octanol–water partition coefficient (Wildman–Crippen LogP) is 3.05. The van der Waals surface area contributed by atoms with E-state index in [2.05, 4.69) is 24.1 Å². The highest BCUT2D eigenvalue weighted by Gasteiger charge is 2.41. The molecule has 1 heterocycles. The minimum absolute atomic E-state index is 0.0912. The summed E-state index contributed by atoms with van der Waals surface area (Å²) in [5.74, 6) is 0.377. The van der Waals surface area contributed by atoms with E-state index in [-0.39, 0.29) is 6.04 Å².